The Kier molecular flexibility index (Phi) is 19.4. The number of carboxylic acid groups (broad SMARTS) is 1. The summed E-state index contributed by atoms with van der Waals surface area (Å²) in [7, 11) is 4.29. The molecule has 0 spiro atoms. The zero-order chi connectivity index (χ0) is 18.1. The molecule has 0 heterocycles. The van der Waals surface area contributed by atoms with Crippen molar-refractivity contribution in [1.82, 2.24) is 0 Å². The lowest BCUT2D eigenvalue weighted by atomic mass is 10.0. The molecule has 152 valence electrons. The van der Waals surface area contributed by atoms with Crippen LogP contribution < -0.4 is 0 Å². The molecular formula is C21H45NO3. The fourth-order valence-corrected chi connectivity index (χ4v) is 3.24. The third-order valence-corrected chi connectivity index (χ3v) is 5.05. The maximum Gasteiger partial charge on any atom is 0.309 e. The van der Waals surface area contributed by atoms with Crippen molar-refractivity contribution in [2.45, 2.75) is 103 Å². The fourth-order valence-electron chi connectivity index (χ4n) is 3.24. The van der Waals surface area contributed by atoms with Crippen molar-refractivity contribution >= 4 is 5.97 Å². The van der Waals surface area contributed by atoms with Gasteiger partial charge in [-0.1, -0.05) is 84.0 Å². The summed E-state index contributed by atoms with van der Waals surface area (Å²) in [4.78, 5) is 10.6. The summed E-state index contributed by atoms with van der Waals surface area (Å²) in [5, 5.41) is 8.76. The largest absolute Gasteiger partial charge is 0.870 e. The third-order valence-electron chi connectivity index (χ3n) is 5.05. The number of aliphatic carboxylic acids is 1. The van der Waals surface area contributed by atoms with Gasteiger partial charge < -0.3 is 15.1 Å². The number of rotatable bonds is 18. The molecule has 2 N–H and O–H groups in total. The lowest BCUT2D eigenvalue weighted by molar-refractivity contribution is -0.890. The first kappa shape index (κ1) is 26.6. The number of carboxylic acids is 1. The van der Waals surface area contributed by atoms with E-state index in [0.717, 1.165) is 17.6 Å². The Labute approximate surface area is 156 Å². The molecule has 0 radical (unpaired) electrons. The number of unbranched alkanes of at least 4 members (excludes halogenated alkanes) is 13. The standard InChI is InChI=1S/C21H43NO2.H2O/c1-4-5-6-7-8-9-10-11-12-13-14-15-16-17-19-22(2,3)20-18-21(23)24;/h4-20H2,1-3H3;1H2. The van der Waals surface area contributed by atoms with Crippen molar-refractivity contribution < 1.29 is 19.9 Å². The molecule has 0 aromatic carbocycles. The smallest absolute Gasteiger partial charge is 0.309 e. The van der Waals surface area contributed by atoms with Crippen molar-refractivity contribution in [3.8, 4) is 0 Å². The van der Waals surface area contributed by atoms with Crippen molar-refractivity contribution in [3.63, 3.8) is 0 Å². The van der Waals surface area contributed by atoms with Gasteiger partial charge in [0.1, 0.15) is 0 Å². The molecule has 0 aromatic heterocycles. The van der Waals surface area contributed by atoms with E-state index < -0.39 is 5.97 Å². The summed E-state index contributed by atoms with van der Waals surface area (Å²) in [6.07, 6.45) is 19.7. The second-order valence-corrected chi connectivity index (χ2v) is 8.12. The minimum absolute atomic E-state index is 0. The van der Waals surface area contributed by atoms with Gasteiger partial charge in [0.2, 0.25) is 0 Å². The first-order chi connectivity index (χ1) is 11.5. The van der Waals surface area contributed by atoms with Crippen LogP contribution >= 0.6 is 0 Å². The Bertz CT molecular complexity index is 293. The summed E-state index contributed by atoms with van der Waals surface area (Å²) in [6.45, 7) is 4.12. The average Bonchev–Trinajstić information content (AvgIpc) is 2.53. The summed E-state index contributed by atoms with van der Waals surface area (Å²) in [5.74, 6) is -0.679. The predicted octanol–water partition coefficient (Wildman–Crippen LogP) is 5.84. The van der Waals surface area contributed by atoms with Crippen molar-refractivity contribution in [2.24, 2.45) is 0 Å². The number of hydrogen-bond acceptors (Lipinski definition) is 2. The molecule has 0 saturated carbocycles. The fraction of sp³-hybridized carbons (Fsp3) is 0.952. The first-order valence-electron chi connectivity index (χ1n) is 10.5. The molecule has 25 heavy (non-hydrogen) atoms. The highest BCUT2D eigenvalue weighted by molar-refractivity contribution is 5.66. The topological polar surface area (TPSA) is 67.3 Å². The number of nitrogens with zero attached hydrogens (tertiary/aromatic N) is 1. The van der Waals surface area contributed by atoms with E-state index in [4.69, 9.17) is 5.11 Å². The molecule has 0 atom stereocenters. The van der Waals surface area contributed by atoms with Crippen LogP contribution in [0.3, 0.4) is 0 Å². The van der Waals surface area contributed by atoms with E-state index in [9.17, 15) is 4.79 Å². The van der Waals surface area contributed by atoms with Crippen LogP contribution in [0.5, 0.6) is 0 Å². The van der Waals surface area contributed by atoms with Gasteiger partial charge in [-0.2, -0.15) is 0 Å². The van der Waals surface area contributed by atoms with Crippen LogP contribution in [0.2, 0.25) is 0 Å². The van der Waals surface area contributed by atoms with Gasteiger partial charge in [0, 0.05) is 0 Å². The summed E-state index contributed by atoms with van der Waals surface area (Å²) in [5.41, 5.74) is 0. The van der Waals surface area contributed by atoms with E-state index in [1.165, 1.54) is 89.9 Å². The normalized spacial score (nSPS) is 11.3. The van der Waals surface area contributed by atoms with Gasteiger partial charge in [0.05, 0.1) is 33.6 Å². The molecular weight excluding hydrogens is 314 g/mol. The predicted molar refractivity (Wildman–Crippen MR) is 106 cm³/mol. The summed E-state index contributed by atoms with van der Waals surface area (Å²) in [6, 6.07) is 0. The van der Waals surface area contributed by atoms with Gasteiger partial charge in [-0.05, 0) is 12.8 Å². The lowest BCUT2D eigenvalue weighted by Crippen LogP contribution is -2.42. The molecule has 4 heteroatoms. The third kappa shape index (κ3) is 21.3. The Hall–Kier alpha value is -0.610. The zero-order valence-corrected chi connectivity index (χ0v) is 17.3. The maximum absolute atomic E-state index is 10.6. The van der Waals surface area contributed by atoms with Gasteiger partial charge in [0.15, 0.2) is 0 Å². The van der Waals surface area contributed by atoms with Crippen LogP contribution in [0.15, 0.2) is 0 Å². The van der Waals surface area contributed by atoms with Crippen molar-refractivity contribution in [1.29, 1.82) is 0 Å². The van der Waals surface area contributed by atoms with Gasteiger partial charge >= 0.3 is 5.97 Å². The Morgan fingerprint density at radius 1 is 0.680 bits per heavy atom. The molecule has 0 aromatic rings. The van der Waals surface area contributed by atoms with E-state index in [-0.39, 0.29) is 11.9 Å². The number of carbonyl (C=O) groups is 1. The van der Waals surface area contributed by atoms with Crippen LogP contribution in [-0.2, 0) is 4.79 Å². The Balaban J connectivity index is 0. The van der Waals surface area contributed by atoms with Gasteiger partial charge in [-0.25, -0.2) is 0 Å². The van der Waals surface area contributed by atoms with Crippen LogP contribution in [0.4, 0.5) is 0 Å². The SMILES string of the molecule is CCCCCCCCCCCCCCCC[N+](C)(C)CCC(=O)O.[OH-]. The molecule has 0 rings (SSSR count). The van der Waals surface area contributed by atoms with Crippen molar-refractivity contribution in [2.75, 3.05) is 27.2 Å². The second kappa shape index (κ2) is 18.2. The maximum atomic E-state index is 10.6. The molecule has 0 aliphatic carbocycles. The van der Waals surface area contributed by atoms with Crippen LogP contribution in [-0.4, -0.2) is 48.2 Å². The number of hydrogen-bond donors (Lipinski definition) is 1. The van der Waals surface area contributed by atoms with E-state index in [0.29, 0.717) is 0 Å². The number of quaternary nitrogens is 1. The van der Waals surface area contributed by atoms with Crippen LogP contribution in [0.1, 0.15) is 103 Å². The highest BCUT2D eigenvalue weighted by atomic mass is 16.4. The highest BCUT2D eigenvalue weighted by Gasteiger charge is 2.15. The summed E-state index contributed by atoms with van der Waals surface area (Å²) < 4.78 is 0.838. The second-order valence-electron chi connectivity index (χ2n) is 8.12. The van der Waals surface area contributed by atoms with Gasteiger partial charge in [-0.3, -0.25) is 4.79 Å². The highest BCUT2D eigenvalue weighted by Crippen LogP contribution is 2.13. The zero-order valence-electron chi connectivity index (χ0n) is 17.3. The molecule has 0 saturated heterocycles. The van der Waals surface area contributed by atoms with E-state index in [2.05, 4.69) is 21.0 Å². The Morgan fingerprint density at radius 3 is 1.40 bits per heavy atom. The minimum atomic E-state index is -0.679. The Morgan fingerprint density at radius 2 is 1.04 bits per heavy atom. The van der Waals surface area contributed by atoms with Gasteiger partial charge in [0.25, 0.3) is 0 Å². The van der Waals surface area contributed by atoms with Crippen molar-refractivity contribution in [3.05, 3.63) is 0 Å². The molecule has 0 unspecified atom stereocenters. The quantitative estimate of drug-likeness (QED) is 0.247. The average molecular weight is 360 g/mol. The summed E-state index contributed by atoms with van der Waals surface area (Å²) >= 11 is 0. The van der Waals surface area contributed by atoms with E-state index >= 15 is 0 Å². The first-order valence-corrected chi connectivity index (χ1v) is 10.5. The van der Waals surface area contributed by atoms with Crippen LogP contribution in [0, 0.1) is 0 Å². The van der Waals surface area contributed by atoms with Crippen LogP contribution in [0.25, 0.3) is 0 Å². The molecule has 0 amide bonds. The van der Waals surface area contributed by atoms with Gasteiger partial charge in [-0.15, -0.1) is 0 Å². The minimum Gasteiger partial charge on any atom is -0.870 e. The van der Waals surface area contributed by atoms with E-state index in [1.54, 1.807) is 0 Å². The molecule has 0 fully saturated rings. The van der Waals surface area contributed by atoms with E-state index in [1.807, 2.05) is 0 Å². The molecule has 0 aliphatic rings. The molecule has 0 aliphatic heterocycles. The molecule has 4 nitrogen and oxygen atoms in total. The monoisotopic (exact) mass is 359 g/mol. The molecule has 0 bridgehead atoms. The lowest BCUT2D eigenvalue weighted by Gasteiger charge is -2.29.